The molecule has 3 rings (SSSR count). The summed E-state index contributed by atoms with van der Waals surface area (Å²) in [6, 6.07) is 0. The molecule has 1 N–H and O–H groups in total. The van der Waals surface area contributed by atoms with Crippen LogP contribution in [0.3, 0.4) is 0 Å². The van der Waals surface area contributed by atoms with Crippen LogP contribution in [0.5, 0.6) is 0 Å². The van der Waals surface area contributed by atoms with Gasteiger partial charge >= 0.3 is 5.97 Å². The molecule has 25 heavy (non-hydrogen) atoms. The first-order valence-corrected chi connectivity index (χ1v) is 9.77. The van der Waals surface area contributed by atoms with Gasteiger partial charge in [-0.1, -0.05) is 19.8 Å². The third-order valence-corrected chi connectivity index (χ3v) is 6.14. The molecule has 6 nitrogen and oxygen atoms in total. The van der Waals surface area contributed by atoms with Crippen LogP contribution in [0.2, 0.25) is 0 Å². The molecule has 3 aliphatic rings. The van der Waals surface area contributed by atoms with E-state index in [-0.39, 0.29) is 29.6 Å². The summed E-state index contributed by atoms with van der Waals surface area (Å²) in [5.74, 6) is -1.43. The molecule has 4 atom stereocenters. The number of amides is 2. The van der Waals surface area contributed by atoms with Crippen LogP contribution < -0.4 is 0 Å². The molecule has 4 unspecified atom stereocenters. The van der Waals surface area contributed by atoms with Gasteiger partial charge in [0.25, 0.3) is 0 Å². The van der Waals surface area contributed by atoms with Crippen LogP contribution in [0.1, 0.15) is 51.9 Å². The first-order valence-electron chi connectivity index (χ1n) is 9.77. The normalized spacial score (nSPS) is 33.3. The molecule has 3 fully saturated rings. The summed E-state index contributed by atoms with van der Waals surface area (Å²) >= 11 is 0. The number of carbonyl (C=O) groups is 3. The molecule has 2 aliphatic heterocycles. The maximum Gasteiger partial charge on any atom is 0.308 e. The van der Waals surface area contributed by atoms with Crippen molar-refractivity contribution in [1.29, 1.82) is 0 Å². The summed E-state index contributed by atoms with van der Waals surface area (Å²) in [4.78, 5) is 41.1. The lowest BCUT2D eigenvalue weighted by atomic mass is 9.77. The fraction of sp³-hybridized carbons (Fsp3) is 0.842. The van der Waals surface area contributed by atoms with E-state index in [9.17, 15) is 19.5 Å². The third kappa shape index (κ3) is 3.98. The second-order valence-corrected chi connectivity index (χ2v) is 8.15. The van der Waals surface area contributed by atoms with Crippen molar-refractivity contribution in [2.75, 3.05) is 26.2 Å². The molecule has 2 saturated heterocycles. The van der Waals surface area contributed by atoms with Crippen molar-refractivity contribution in [3.05, 3.63) is 0 Å². The Labute approximate surface area is 149 Å². The predicted octanol–water partition coefficient (Wildman–Crippen LogP) is 1.98. The van der Waals surface area contributed by atoms with E-state index in [1.165, 1.54) is 0 Å². The minimum atomic E-state index is -0.822. The van der Waals surface area contributed by atoms with E-state index >= 15 is 0 Å². The number of carboxylic acid groups (broad SMARTS) is 1. The largest absolute Gasteiger partial charge is 0.481 e. The highest BCUT2D eigenvalue weighted by atomic mass is 16.4. The summed E-state index contributed by atoms with van der Waals surface area (Å²) in [5.41, 5.74) is 0. The number of nitrogens with zero attached hydrogens (tertiary/aromatic N) is 2. The second-order valence-electron chi connectivity index (χ2n) is 8.15. The van der Waals surface area contributed by atoms with E-state index in [0.717, 1.165) is 51.6 Å². The molecule has 1 saturated carbocycles. The van der Waals surface area contributed by atoms with Crippen molar-refractivity contribution in [2.24, 2.45) is 23.7 Å². The maximum absolute atomic E-state index is 13.2. The van der Waals surface area contributed by atoms with E-state index < -0.39 is 11.9 Å². The topological polar surface area (TPSA) is 77.9 Å². The van der Waals surface area contributed by atoms with Gasteiger partial charge in [-0.05, 0) is 38.0 Å². The van der Waals surface area contributed by atoms with E-state index in [4.69, 9.17) is 0 Å². The lowest BCUT2D eigenvalue weighted by molar-refractivity contribution is -0.153. The van der Waals surface area contributed by atoms with Gasteiger partial charge in [0.2, 0.25) is 11.8 Å². The van der Waals surface area contributed by atoms with Crippen molar-refractivity contribution >= 4 is 17.8 Å². The first kappa shape index (κ1) is 18.2. The smallest absolute Gasteiger partial charge is 0.308 e. The minimum Gasteiger partial charge on any atom is -0.481 e. The summed E-state index contributed by atoms with van der Waals surface area (Å²) in [6.45, 7) is 4.54. The van der Waals surface area contributed by atoms with Crippen molar-refractivity contribution in [2.45, 2.75) is 51.9 Å². The summed E-state index contributed by atoms with van der Waals surface area (Å²) in [5, 5.41) is 9.35. The number of hydrogen-bond acceptors (Lipinski definition) is 3. The van der Waals surface area contributed by atoms with E-state index in [1.807, 2.05) is 11.8 Å². The molecular weight excluding hydrogens is 320 g/mol. The van der Waals surface area contributed by atoms with Gasteiger partial charge in [0.1, 0.15) is 0 Å². The Balaban J connectivity index is 1.71. The van der Waals surface area contributed by atoms with Gasteiger partial charge < -0.3 is 14.9 Å². The zero-order valence-electron chi connectivity index (χ0n) is 15.2. The van der Waals surface area contributed by atoms with Crippen molar-refractivity contribution < 1.29 is 19.5 Å². The standard InChI is InChI=1S/C19H30N2O4/c1-13-10-14(19(24)25)12-21(11-13)18(23)16-7-3-2-6-15(16)17(22)20-8-4-5-9-20/h13-16H,2-12H2,1H3,(H,24,25). The average molecular weight is 350 g/mol. The number of rotatable bonds is 3. The molecule has 0 aromatic rings. The Kier molecular flexibility index (Phi) is 5.64. The summed E-state index contributed by atoms with van der Waals surface area (Å²) in [7, 11) is 0. The van der Waals surface area contributed by atoms with Gasteiger partial charge in [-0.15, -0.1) is 0 Å². The molecule has 0 bridgehead atoms. The zero-order chi connectivity index (χ0) is 18.0. The highest BCUT2D eigenvalue weighted by molar-refractivity contribution is 5.88. The number of piperidine rings is 1. The van der Waals surface area contributed by atoms with Crippen molar-refractivity contribution in [1.82, 2.24) is 9.80 Å². The van der Waals surface area contributed by atoms with Crippen LogP contribution in [0, 0.1) is 23.7 Å². The highest BCUT2D eigenvalue weighted by Crippen LogP contribution is 2.35. The van der Waals surface area contributed by atoms with Crippen LogP contribution in [0.4, 0.5) is 0 Å². The molecule has 0 spiro atoms. The summed E-state index contributed by atoms with van der Waals surface area (Å²) in [6.07, 6.45) is 6.26. The average Bonchev–Trinajstić information content (AvgIpc) is 3.14. The molecule has 0 radical (unpaired) electrons. The van der Waals surface area contributed by atoms with Crippen molar-refractivity contribution in [3.8, 4) is 0 Å². The van der Waals surface area contributed by atoms with Gasteiger partial charge in [0.15, 0.2) is 0 Å². The highest BCUT2D eigenvalue weighted by Gasteiger charge is 2.42. The molecule has 2 heterocycles. The SMILES string of the molecule is CC1CC(C(=O)O)CN(C(=O)C2CCCCC2C(=O)N2CCCC2)C1. The van der Waals surface area contributed by atoms with Gasteiger partial charge in [-0.25, -0.2) is 0 Å². The van der Waals surface area contributed by atoms with Crippen LogP contribution >= 0.6 is 0 Å². The Bertz CT molecular complexity index is 530. The van der Waals surface area contributed by atoms with Gasteiger partial charge in [-0.2, -0.15) is 0 Å². The molecule has 2 amide bonds. The lowest BCUT2D eigenvalue weighted by Gasteiger charge is -2.40. The number of hydrogen-bond donors (Lipinski definition) is 1. The number of likely N-dealkylation sites (tertiary alicyclic amines) is 2. The van der Waals surface area contributed by atoms with E-state index in [0.29, 0.717) is 19.5 Å². The Morgan fingerprint density at radius 3 is 1.96 bits per heavy atom. The lowest BCUT2D eigenvalue weighted by Crippen LogP contribution is -2.51. The molecule has 140 valence electrons. The quantitative estimate of drug-likeness (QED) is 0.844. The fourth-order valence-electron chi connectivity index (χ4n) is 4.84. The first-order chi connectivity index (χ1) is 12.0. The van der Waals surface area contributed by atoms with Gasteiger partial charge in [0, 0.05) is 38.0 Å². The Morgan fingerprint density at radius 2 is 1.40 bits per heavy atom. The zero-order valence-corrected chi connectivity index (χ0v) is 15.2. The van der Waals surface area contributed by atoms with Crippen LogP contribution in [-0.2, 0) is 14.4 Å². The molecule has 0 aromatic carbocycles. The minimum absolute atomic E-state index is 0.00930. The van der Waals surface area contributed by atoms with Crippen LogP contribution in [0.15, 0.2) is 0 Å². The number of aliphatic carboxylic acids is 1. The molecule has 0 aromatic heterocycles. The van der Waals surface area contributed by atoms with Crippen molar-refractivity contribution in [3.63, 3.8) is 0 Å². The monoisotopic (exact) mass is 350 g/mol. The number of carboxylic acids is 1. The Hall–Kier alpha value is -1.59. The molecular formula is C19H30N2O4. The van der Waals surface area contributed by atoms with Crippen LogP contribution in [-0.4, -0.2) is 58.9 Å². The van der Waals surface area contributed by atoms with E-state index in [1.54, 1.807) is 4.90 Å². The van der Waals surface area contributed by atoms with Crippen LogP contribution in [0.25, 0.3) is 0 Å². The van der Waals surface area contributed by atoms with Gasteiger partial charge in [0.05, 0.1) is 5.92 Å². The molecule has 6 heteroatoms. The maximum atomic E-state index is 13.2. The third-order valence-electron chi connectivity index (χ3n) is 6.14. The Morgan fingerprint density at radius 1 is 0.840 bits per heavy atom. The predicted molar refractivity (Wildman–Crippen MR) is 92.7 cm³/mol. The molecule has 1 aliphatic carbocycles. The fourth-order valence-corrected chi connectivity index (χ4v) is 4.84. The number of carbonyl (C=O) groups excluding carboxylic acids is 2. The van der Waals surface area contributed by atoms with E-state index in [2.05, 4.69) is 0 Å². The summed E-state index contributed by atoms with van der Waals surface area (Å²) < 4.78 is 0. The second kappa shape index (κ2) is 7.75. The van der Waals surface area contributed by atoms with Gasteiger partial charge in [-0.3, -0.25) is 14.4 Å².